The molecule has 0 heterocycles. The van der Waals surface area contributed by atoms with Crippen LogP contribution in [0.15, 0.2) is 30.3 Å². The van der Waals surface area contributed by atoms with Crippen molar-refractivity contribution in [2.24, 2.45) is 16.9 Å². The number of nitrogens with one attached hydrogen (secondary N) is 1. The van der Waals surface area contributed by atoms with E-state index in [1.54, 1.807) is 13.8 Å². The Bertz CT molecular complexity index is 457. The minimum absolute atomic E-state index is 0.120. The number of carbonyl (C=O) groups excluding carboxylic acids is 2. The number of benzene rings is 1. The summed E-state index contributed by atoms with van der Waals surface area (Å²) in [6.07, 6.45) is 0.887. The van der Waals surface area contributed by atoms with Gasteiger partial charge in [0.15, 0.2) is 0 Å². The first-order valence-electron chi connectivity index (χ1n) is 6.70. The lowest BCUT2D eigenvalue weighted by Crippen LogP contribution is -2.42. The fourth-order valence-corrected chi connectivity index (χ4v) is 1.65. The normalized spacial score (nSPS) is 12.8. The molecule has 20 heavy (non-hydrogen) atoms. The van der Waals surface area contributed by atoms with Gasteiger partial charge in [0.1, 0.15) is 0 Å². The van der Waals surface area contributed by atoms with Crippen LogP contribution in [0, 0.1) is 5.41 Å². The van der Waals surface area contributed by atoms with Gasteiger partial charge in [0.05, 0.1) is 5.41 Å². The Labute approximate surface area is 119 Å². The van der Waals surface area contributed by atoms with E-state index < -0.39 is 11.3 Å². The summed E-state index contributed by atoms with van der Waals surface area (Å²) in [6, 6.07) is 9.49. The fraction of sp³-hybridized carbons (Fsp3) is 0.467. The van der Waals surface area contributed by atoms with E-state index in [1.807, 2.05) is 30.3 Å². The summed E-state index contributed by atoms with van der Waals surface area (Å²) in [4.78, 5) is 22.9. The molecule has 2 amide bonds. The molecule has 0 saturated heterocycles. The third-order valence-electron chi connectivity index (χ3n) is 3.30. The number of hydrogen-bond acceptors (Lipinski definition) is 3. The van der Waals surface area contributed by atoms with Crippen molar-refractivity contribution >= 4 is 11.8 Å². The Morgan fingerprint density at radius 3 is 2.40 bits per heavy atom. The summed E-state index contributed by atoms with van der Waals surface area (Å²) >= 11 is 0. The van der Waals surface area contributed by atoms with Gasteiger partial charge in [-0.25, -0.2) is 0 Å². The molecule has 5 nitrogen and oxygen atoms in total. The molecular weight excluding hydrogens is 254 g/mol. The average molecular weight is 277 g/mol. The Balaban J connectivity index is 2.35. The number of amides is 2. The SMILES string of the molecule is CC(C)(CNC(=O)CCC(N)c1ccccc1)C(N)=O. The van der Waals surface area contributed by atoms with E-state index >= 15 is 0 Å². The molecule has 0 radical (unpaired) electrons. The van der Waals surface area contributed by atoms with E-state index in [2.05, 4.69) is 5.32 Å². The topological polar surface area (TPSA) is 98.2 Å². The van der Waals surface area contributed by atoms with Crippen molar-refractivity contribution in [3.05, 3.63) is 35.9 Å². The van der Waals surface area contributed by atoms with Crippen molar-refractivity contribution in [3.8, 4) is 0 Å². The van der Waals surface area contributed by atoms with E-state index in [9.17, 15) is 9.59 Å². The van der Waals surface area contributed by atoms with Crippen LogP contribution >= 0.6 is 0 Å². The largest absolute Gasteiger partial charge is 0.369 e. The number of primary amides is 1. The molecule has 0 aliphatic carbocycles. The van der Waals surface area contributed by atoms with Crippen LogP contribution in [0.4, 0.5) is 0 Å². The van der Waals surface area contributed by atoms with Crippen LogP contribution in [0.1, 0.15) is 38.3 Å². The third kappa shape index (κ3) is 5.01. The van der Waals surface area contributed by atoms with Gasteiger partial charge in [0.2, 0.25) is 11.8 Å². The maximum atomic E-state index is 11.7. The summed E-state index contributed by atoms with van der Waals surface area (Å²) in [6.45, 7) is 3.64. The molecule has 0 fully saturated rings. The van der Waals surface area contributed by atoms with Crippen LogP contribution in [-0.4, -0.2) is 18.4 Å². The quantitative estimate of drug-likeness (QED) is 0.696. The molecule has 1 aromatic carbocycles. The second kappa shape index (κ2) is 7.05. The summed E-state index contributed by atoms with van der Waals surface area (Å²) in [5.74, 6) is -0.551. The van der Waals surface area contributed by atoms with Gasteiger partial charge in [-0.3, -0.25) is 9.59 Å². The lowest BCUT2D eigenvalue weighted by atomic mass is 9.92. The third-order valence-corrected chi connectivity index (χ3v) is 3.30. The molecule has 0 spiro atoms. The van der Waals surface area contributed by atoms with E-state index in [0.717, 1.165) is 5.56 Å². The average Bonchev–Trinajstić information content (AvgIpc) is 2.43. The minimum atomic E-state index is -0.739. The van der Waals surface area contributed by atoms with Gasteiger partial charge in [-0.15, -0.1) is 0 Å². The molecule has 1 aromatic rings. The van der Waals surface area contributed by atoms with E-state index in [1.165, 1.54) is 0 Å². The molecule has 5 N–H and O–H groups in total. The highest BCUT2D eigenvalue weighted by molar-refractivity contribution is 5.82. The monoisotopic (exact) mass is 277 g/mol. The first kappa shape index (κ1) is 16.2. The molecule has 0 bridgehead atoms. The maximum absolute atomic E-state index is 11.7. The van der Waals surface area contributed by atoms with E-state index in [4.69, 9.17) is 11.5 Å². The lowest BCUT2D eigenvalue weighted by Gasteiger charge is -2.21. The zero-order chi connectivity index (χ0) is 15.2. The first-order chi connectivity index (χ1) is 9.33. The van der Waals surface area contributed by atoms with Crippen molar-refractivity contribution in [2.75, 3.05) is 6.54 Å². The Hall–Kier alpha value is -1.88. The van der Waals surface area contributed by atoms with E-state index in [0.29, 0.717) is 12.8 Å². The van der Waals surface area contributed by atoms with Crippen LogP contribution in [0.25, 0.3) is 0 Å². The van der Waals surface area contributed by atoms with Gasteiger partial charge >= 0.3 is 0 Å². The van der Waals surface area contributed by atoms with Gasteiger partial charge in [-0.2, -0.15) is 0 Å². The van der Waals surface area contributed by atoms with Gasteiger partial charge in [0.25, 0.3) is 0 Å². The van der Waals surface area contributed by atoms with Gasteiger partial charge < -0.3 is 16.8 Å². The van der Waals surface area contributed by atoms with Crippen molar-refractivity contribution in [2.45, 2.75) is 32.7 Å². The van der Waals surface area contributed by atoms with Crippen LogP contribution in [-0.2, 0) is 9.59 Å². The van der Waals surface area contributed by atoms with Crippen LogP contribution in [0.5, 0.6) is 0 Å². The highest BCUT2D eigenvalue weighted by Crippen LogP contribution is 2.15. The smallest absolute Gasteiger partial charge is 0.224 e. The predicted octanol–water partition coefficient (Wildman–Crippen LogP) is 1.09. The first-order valence-corrected chi connectivity index (χ1v) is 6.70. The Kier molecular flexibility index (Phi) is 5.70. The number of carbonyl (C=O) groups is 2. The fourth-order valence-electron chi connectivity index (χ4n) is 1.65. The van der Waals surface area contributed by atoms with Crippen molar-refractivity contribution in [1.82, 2.24) is 5.32 Å². The molecule has 1 rings (SSSR count). The van der Waals surface area contributed by atoms with Crippen molar-refractivity contribution < 1.29 is 9.59 Å². The van der Waals surface area contributed by atoms with Gasteiger partial charge in [0, 0.05) is 19.0 Å². The second-order valence-corrected chi connectivity index (χ2v) is 5.58. The lowest BCUT2D eigenvalue weighted by molar-refractivity contribution is -0.127. The van der Waals surface area contributed by atoms with Gasteiger partial charge in [-0.05, 0) is 25.8 Å². The van der Waals surface area contributed by atoms with E-state index in [-0.39, 0.29) is 18.5 Å². The summed E-state index contributed by atoms with van der Waals surface area (Å²) in [7, 11) is 0. The maximum Gasteiger partial charge on any atom is 0.224 e. The predicted molar refractivity (Wildman–Crippen MR) is 78.6 cm³/mol. The molecular formula is C15H23N3O2. The minimum Gasteiger partial charge on any atom is -0.369 e. The standard InChI is InChI=1S/C15H23N3O2/c1-15(2,14(17)20)10-18-13(19)9-8-12(16)11-6-4-3-5-7-11/h3-7,12H,8-10,16H2,1-2H3,(H2,17,20)(H,18,19). The Morgan fingerprint density at radius 2 is 1.85 bits per heavy atom. The summed E-state index contributed by atoms with van der Waals surface area (Å²) in [5.41, 5.74) is 11.5. The van der Waals surface area contributed by atoms with Crippen LogP contribution < -0.4 is 16.8 Å². The van der Waals surface area contributed by atoms with Crippen molar-refractivity contribution in [1.29, 1.82) is 0 Å². The van der Waals surface area contributed by atoms with Crippen LogP contribution in [0.3, 0.4) is 0 Å². The second-order valence-electron chi connectivity index (χ2n) is 5.58. The molecule has 0 aliphatic heterocycles. The highest BCUT2D eigenvalue weighted by atomic mass is 16.2. The molecule has 0 aromatic heterocycles. The molecule has 1 atom stereocenters. The zero-order valence-corrected chi connectivity index (χ0v) is 12.1. The number of rotatable bonds is 7. The van der Waals surface area contributed by atoms with Gasteiger partial charge in [-0.1, -0.05) is 30.3 Å². The van der Waals surface area contributed by atoms with Crippen molar-refractivity contribution in [3.63, 3.8) is 0 Å². The molecule has 0 saturated carbocycles. The summed E-state index contributed by atoms with van der Waals surface area (Å²) in [5, 5.41) is 2.72. The summed E-state index contributed by atoms with van der Waals surface area (Å²) < 4.78 is 0. The number of nitrogens with two attached hydrogens (primary N) is 2. The molecule has 0 aliphatic rings. The molecule has 5 heteroatoms. The highest BCUT2D eigenvalue weighted by Gasteiger charge is 2.25. The van der Waals surface area contributed by atoms with Crippen LogP contribution in [0.2, 0.25) is 0 Å². The molecule has 110 valence electrons. The Morgan fingerprint density at radius 1 is 1.25 bits per heavy atom. The zero-order valence-electron chi connectivity index (χ0n) is 12.1. The number of hydrogen-bond donors (Lipinski definition) is 3. The molecule has 1 unspecified atom stereocenters.